The average molecular weight is 385 g/mol. The van der Waals surface area contributed by atoms with Gasteiger partial charge in [-0.15, -0.1) is 11.3 Å². The fourth-order valence-corrected chi connectivity index (χ4v) is 3.18. The van der Waals surface area contributed by atoms with Gasteiger partial charge in [0.25, 0.3) is 0 Å². The molecule has 0 radical (unpaired) electrons. The lowest BCUT2D eigenvalue weighted by Gasteiger charge is -2.04. The molecule has 7 nitrogen and oxygen atoms in total. The summed E-state index contributed by atoms with van der Waals surface area (Å²) in [7, 11) is 0. The van der Waals surface area contributed by atoms with Crippen molar-refractivity contribution in [3.05, 3.63) is 68.2 Å². The molecular weight excluding hydrogens is 370 g/mol. The number of carbonyl (C=O) groups excluding carboxylic acids is 3. The molecule has 8 heteroatoms. The molecule has 0 bridgehead atoms. The van der Waals surface area contributed by atoms with Crippen LogP contribution in [0.15, 0.2) is 51.7 Å². The molecule has 1 N–H and O–H groups in total. The third-order valence-electron chi connectivity index (χ3n) is 3.62. The van der Waals surface area contributed by atoms with Crippen LogP contribution in [-0.2, 0) is 16.1 Å². The summed E-state index contributed by atoms with van der Waals surface area (Å²) in [5.74, 6) is -1.70. The molecule has 0 spiro atoms. The number of ketones is 1. The fraction of sp³-hybridized carbons (Fsp3) is 0.158. The second kappa shape index (κ2) is 7.96. The average Bonchev–Trinajstić information content (AvgIpc) is 3.13. The van der Waals surface area contributed by atoms with Crippen LogP contribution in [0, 0.1) is 0 Å². The molecule has 0 saturated heterocycles. The Morgan fingerprint density at radius 3 is 2.70 bits per heavy atom. The van der Waals surface area contributed by atoms with Crippen LogP contribution in [-0.4, -0.2) is 24.3 Å². The number of carbonyl (C=O) groups is 3. The van der Waals surface area contributed by atoms with Crippen molar-refractivity contribution < 1.29 is 23.5 Å². The third kappa shape index (κ3) is 4.48. The first kappa shape index (κ1) is 18.5. The van der Waals surface area contributed by atoms with Crippen molar-refractivity contribution in [3.63, 3.8) is 0 Å². The Bertz CT molecular complexity index is 1080. The Kier molecular flexibility index (Phi) is 5.46. The number of benzene rings is 1. The number of esters is 1. The van der Waals surface area contributed by atoms with E-state index in [1.165, 1.54) is 18.3 Å². The number of rotatable bonds is 6. The number of amides is 1. The molecule has 3 rings (SSSR count). The molecule has 0 aliphatic rings. The monoisotopic (exact) mass is 385 g/mol. The lowest BCUT2D eigenvalue weighted by molar-refractivity contribution is -0.119. The van der Waals surface area contributed by atoms with Gasteiger partial charge in [0.05, 0.1) is 16.8 Å². The number of hydrogen-bond acceptors (Lipinski definition) is 7. The summed E-state index contributed by atoms with van der Waals surface area (Å²) in [4.78, 5) is 48.4. The molecule has 2 aromatic heterocycles. The van der Waals surface area contributed by atoms with Gasteiger partial charge < -0.3 is 14.5 Å². The molecule has 27 heavy (non-hydrogen) atoms. The largest absolute Gasteiger partial charge is 0.451 e. The van der Waals surface area contributed by atoms with Crippen molar-refractivity contribution in [3.8, 4) is 0 Å². The SMILES string of the molecule is CC(=O)NCc1ccc(C(=O)COC(=O)c2cc(=O)c3ccccc3o2)s1. The number of hydrogen-bond donors (Lipinski definition) is 1. The van der Waals surface area contributed by atoms with Gasteiger partial charge >= 0.3 is 5.97 Å². The molecule has 0 saturated carbocycles. The highest BCUT2D eigenvalue weighted by Gasteiger charge is 2.17. The van der Waals surface area contributed by atoms with E-state index >= 15 is 0 Å². The number of para-hydroxylation sites is 1. The highest BCUT2D eigenvalue weighted by atomic mass is 32.1. The lowest BCUT2D eigenvalue weighted by Crippen LogP contribution is -2.18. The fourth-order valence-electron chi connectivity index (χ4n) is 2.31. The van der Waals surface area contributed by atoms with Crippen LogP contribution in [0.25, 0.3) is 11.0 Å². The molecule has 1 aromatic carbocycles. The minimum atomic E-state index is -0.888. The normalized spacial score (nSPS) is 10.6. The smallest absolute Gasteiger partial charge is 0.374 e. The minimum absolute atomic E-state index is 0.165. The molecular formula is C19H15NO6S. The summed E-state index contributed by atoms with van der Waals surface area (Å²) in [6.07, 6.45) is 0. The Labute approximate surface area is 157 Å². The zero-order chi connectivity index (χ0) is 19.4. The number of fused-ring (bicyclic) bond motifs is 1. The summed E-state index contributed by atoms with van der Waals surface area (Å²) in [5, 5.41) is 3.00. The van der Waals surface area contributed by atoms with Crippen molar-refractivity contribution in [2.24, 2.45) is 0 Å². The van der Waals surface area contributed by atoms with E-state index in [2.05, 4.69) is 5.32 Å². The summed E-state index contributed by atoms with van der Waals surface area (Å²) in [5.41, 5.74) is -0.0971. The maximum atomic E-state index is 12.2. The number of Topliss-reactive ketones (excluding diaryl/α,β-unsaturated/α-hetero) is 1. The Hall–Kier alpha value is -3.26. The first-order chi connectivity index (χ1) is 12.9. The van der Waals surface area contributed by atoms with Crippen molar-refractivity contribution in [2.75, 3.05) is 6.61 Å². The predicted octanol–water partition coefficient (Wildman–Crippen LogP) is 2.53. The van der Waals surface area contributed by atoms with Crippen LogP contribution in [0.1, 0.15) is 32.0 Å². The molecule has 2 heterocycles. The van der Waals surface area contributed by atoms with Gasteiger partial charge in [0.2, 0.25) is 17.5 Å². The van der Waals surface area contributed by atoms with E-state index < -0.39 is 12.6 Å². The number of thiophene rings is 1. The van der Waals surface area contributed by atoms with Crippen LogP contribution in [0.5, 0.6) is 0 Å². The highest BCUT2D eigenvalue weighted by Crippen LogP contribution is 2.18. The first-order valence-electron chi connectivity index (χ1n) is 8.00. The topological polar surface area (TPSA) is 103 Å². The van der Waals surface area contributed by atoms with E-state index in [1.807, 2.05) is 0 Å². The zero-order valence-corrected chi connectivity index (χ0v) is 15.1. The molecule has 0 aliphatic carbocycles. The van der Waals surface area contributed by atoms with Gasteiger partial charge in [-0.1, -0.05) is 12.1 Å². The highest BCUT2D eigenvalue weighted by molar-refractivity contribution is 7.14. The molecule has 3 aromatic rings. The minimum Gasteiger partial charge on any atom is -0.451 e. The van der Waals surface area contributed by atoms with Crippen molar-refractivity contribution in [1.82, 2.24) is 5.32 Å². The Balaban J connectivity index is 1.64. The quantitative estimate of drug-likeness (QED) is 0.517. The van der Waals surface area contributed by atoms with Crippen molar-refractivity contribution in [1.29, 1.82) is 0 Å². The van der Waals surface area contributed by atoms with E-state index in [1.54, 1.807) is 36.4 Å². The van der Waals surface area contributed by atoms with Crippen LogP contribution in [0.4, 0.5) is 0 Å². The van der Waals surface area contributed by atoms with Gasteiger partial charge in [0.15, 0.2) is 12.0 Å². The Morgan fingerprint density at radius 2 is 1.93 bits per heavy atom. The summed E-state index contributed by atoms with van der Waals surface area (Å²) < 4.78 is 10.3. The van der Waals surface area contributed by atoms with E-state index in [0.717, 1.165) is 10.9 Å². The summed E-state index contributed by atoms with van der Waals surface area (Å²) in [6.45, 7) is 1.26. The first-order valence-corrected chi connectivity index (χ1v) is 8.82. The molecule has 0 fully saturated rings. The van der Waals surface area contributed by atoms with E-state index in [-0.39, 0.29) is 28.5 Å². The Morgan fingerprint density at radius 1 is 1.15 bits per heavy atom. The molecule has 1 amide bonds. The van der Waals surface area contributed by atoms with Crippen LogP contribution >= 0.6 is 11.3 Å². The van der Waals surface area contributed by atoms with Gasteiger partial charge in [-0.2, -0.15) is 0 Å². The van der Waals surface area contributed by atoms with Crippen LogP contribution < -0.4 is 10.7 Å². The predicted molar refractivity (Wildman–Crippen MR) is 98.9 cm³/mol. The standard InChI is InChI=1S/C19H15NO6S/c1-11(21)20-9-12-6-7-18(27-12)15(23)10-25-19(24)17-8-14(22)13-4-2-3-5-16(13)26-17/h2-8H,9-10H2,1H3,(H,20,21). The number of ether oxygens (including phenoxy) is 1. The molecule has 0 unspecified atom stereocenters. The van der Waals surface area contributed by atoms with Gasteiger partial charge in [-0.25, -0.2) is 4.79 Å². The zero-order valence-electron chi connectivity index (χ0n) is 14.3. The number of nitrogens with one attached hydrogen (secondary N) is 1. The maximum Gasteiger partial charge on any atom is 0.374 e. The van der Waals surface area contributed by atoms with Gasteiger partial charge in [-0.05, 0) is 24.3 Å². The van der Waals surface area contributed by atoms with Crippen molar-refractivity contribution >= 4 is 40.0 Å². The molecule has 0 atom stereocenters. The molecule has 138 valence electrons. The second-order valence-electron chi connectivity index (χ2n) is 5.65. The second-order valence-corrected chi connectivity index (χ2v) is 6.81. The van der Waals surface area contributed by atoms with Crippen LogP contribution in [0.2, 0.25) is 0 Å². The summed E-state index contributed by atoms with van der Waals surface area (Å²) in [6, 6.07) is 10.9. The molecule has 0 aliphatic heterocycles. The van der Waals surface area contributed by atoms with E-state index in [0.29, 0.717) is 16.8 Å². The lowest BCUT2D eigenvalue weighted by atomic mass is 10.2. The van der Waals surface area contributed by atoms with Gasteiger partial charge in [-0.3, -0.25) is 14.4 Å². The summed E-state index contributed by atoms with van der Waals surface area (Å²) >= 11 is 1.21. The van der Waals surface area contributed by atoms with Gasteiger partial charge in [0, 0.05) is 17.9 Å². The van der Waals surface area contributed by atoms with Gasteiger partial charge in [0.1, 0.15) is 5.58 Å². The van der Waals surface area contributed by atoms with E-state index in [4.69, 9.17) is 9.15 Å². The maximum absolute atomic E-state index is 12.2. The van der Waals surface area contributed by atoms with Crippen LogP contribution in [0.3, 0.4) is 0 Å². The van der Waals surface area contributed by atoms with Crippen molar-refractivity contribution in [2.45, 2.75) is 13.5 Å². The third-order valence-corrected chi connectivity index (χ3v) is 4.74. The van der Waals surface area contributed by atoms with E-state index in [9.17, 15) is 19.2 Å².